The Bertz CT molecular complexity index is 702. The van der Waals surface area contributed by atoms with Crippen molar-refractivity contribution in [2.75, 3.05) is 0 Å². The largest absolute Gasteiger partial charge is 0.430 e. The highest BCUT2D eigenvalue weighted by Gasteiger charge is 2.19. The second-order valence-electron chi connectivity index (χ2n) is 4.14. The van der Waals surface area contributed by atoms with Crippen LogP contribution in [0.2, 0.25) is 0 Å². The number of aromatic nitrogens is 2. The van der Waals surface area contributed by atoms with E-state index in [0.29, 0.717) is 6.42 Å². The van der Waals surface area contributed by atoms with E-state index in [-0.39, 0.29) is 28.8 Å². The molecule has 0 saturated carbocycles. The molecule has 2 rings (SSSR count). The van der Waals surface area contributed by atoms with E-state index >= 15 is 0 Å². The SMILES string of the molecule is CCc1ccc(Oc2nccnc2C(=N)N)c([N+](=O)[O-])c1. The lowest BCUT2D eigenvalue weighted by Crippen LogP contribution is -2.15. The van der Waals surface area contributed by atoms with Crippen molar-refractivity contribution >= 4 is 11.5 Å². The predicted octanol–water partition coefficient (Wildman–Crippen LogP) is 2.02. The number of aryl methyl sites for hydroxylation is 1. The summed E-state index contributed by atoms with van der Waals surface area (Å²) < 4.78 is 5.43. The van der Waals surface area contributed by atoms with Crippen LogP contribution in [-0.4, -0.2) is 20.7 Å². The Morgan fingerprint density at radius 1 is 1.43 bits per heavy atom. The van der Waals surface area contributed by atoms with Crippen LogP contribution in [-0.2, 0) is 6.42 Å². The van der Waals surface area contributed by atoms with Crippen LogP contribution in [0.15, 0.2) is 30.6 Å². The number of nitrogens with zero attached hydrogens (tertiary/aromatic N) is 3. The van der Waals surface area contributed by atoms with Gasteiger partial charge in [-0.15, -0.1) is 0 Å². The van der Waals surface area contributed by atoms with Crippen LogP contribution in [0.1, 0.15) is 18.2 Å². The number of hydrogen-bond donors (Lipinski definition) is 2. The van der Waals surface area contributed by atoms with Crippen LogP contribution in [0.25, 0.3) is 0 Å². The first-order chi connectivity index (χ1) is 10.0. The Labute approximate surface area is 120 Å². The van der Waals surface area contributed by atoms with Gasteiger partial charge in [-0.25, -0.2) is 9.97 Å². The fourth-order valence-corrected chi connectivity index (χ4v) is 1.70. The molecular weight excluding hydrogens is 274 g/mol. The van der Waals surface area contributed by atoms with Gasteiger partial charge in [0, 0.05) is 18.5 Å². The van der Waals surface area contributed by atoms with Gasteiger partial charge < -0.3 is 10.5 Å². The maximum absolute atomic E-state index is 11.1. The van der Waals surface area contributed by atoms with E-state index in [4.69, 9.17) is 15.9 Å². The maximum Gasteiger partial charge on any atom is 0.311 e. The Kier molecular flexibility index (Phi) is 4.07. The summed E-state index contributed by atoms with van der Waals surface area (Å²) >= 11 is 0. The van der Waals surface area contributed by atoms with Gasteiger partial charge in [0.2, 0.25) is 11.6 Å². The minimum absolute atomic E-state index is 0.0280. The number of nitrogens with two attached hydrogens (primary N) is 1. The molecule has 0 aliphatic carbocycles. The molecule has 2 aromatic rings. The highest BCUT2D eigenvalue weighted by atomic mass is 16.6. The molecule has 3 N–H and O–H groups in total. The summed E-state index contributed by atoms with van der Waals surface area (Å²) in [6.07, 6.45) is 3.39. The third-order valence-corrected chi connectivity index (χ3v) is 2.75. The summed E-state index contributed by atoms with van der Waals surface area (Å²) in [6, 6.07) is 4.67. The second kappa shape index (κ2) is 5.95. The Balaban J connectivity index is 2.45. The number of nitrogens with one attached hydrogen (secondary N) is 1. The minimum Gasteiger partial charge on any atom is -0.430 e. The van der Waals surface area contributed by atoms with Crippen molar-refractivity contribution in [2.24, 2.45) is 5.73 Å². The molecule has 0 atom stereocenters. The van der Waals surface area contributed by atoms with Crippen molar-refractivity contribution < 1.29 is 9.66 Å². The molecule has 1 aromatic carbocycles. The highest BCUT2D eigenvalue weighted by Crippen LogP contribution is 2.32. The highest BCUT2D eigenvalue weighted by molar-refractivity contribution is 5.95. The lowest BCUT2D eigenvalue weighted by Gasteiger charge is -2.09. The lowest BCUT2D eigenvalue weighted by atomic mass is 10.1. The molecule has 0 saturated heterocycles. The van der Waals surface area contributed by atoms with Gasteiger partial charge >= 0.3 is 5.69 Å². The third-order valence-electron chi connectivity index (χ3n) is 2.75. The number of ether oxygens (including phenoxy) is 1. The summed E-state index contributed by atoms with van der Waals surface area (Å²) in [5.74, 6) is -0.344. The molecular formula is C13H13N5O3. The first-order valence-electron chi connectivity index (χ1n) is 6.13. The summed E-state index contributed by atoms with van der Waals surface area (Å²) in [5.41, 5.74) is 6.06. The average Bonchev–Trinajstić information content (AvgIpc) is 2.47. The van der Waals surface area contributed by atoms with Crippen LogP contribution in [0, 0.1) is 15.5 Å². The molecule has 0 bridgehead atoms. The zero-order valence-corrected chi connectivity index (χ0v) is 11.2. The number of nitrogen functional groups attached to an aromatic ring is 1. The predicted molar refractivity (Wildman–Crippen MR) is 75.6 cm³/mol. The smallest absolute Gasteiger partial charge is 0.311 e. The van der Waals surface area contributed by atoms with Crippen molar-refractivity contribution in [3.8, 4) is 11.6 Å². The zero-order chi connectivity index (χ0) is 15.4. The maximum atomic E-state index is 11.1. The Hall–Kier alpha value is -3.03. The zero-order valence-electron chi connectivity index (χ0n) is 11.2. The van der Waals surface area contributed by atoms with Crippen molar-refractivity contribution in [3.05, 3.63) is 52.0 Å². The number of nitro benzene ring substituents is 1. The van der Waals surface area contributed by atoms with Crippen LogP contribution < -0.4 is 10.5 Å². The quantitative estimate of drug-likeness (QED) is 0.374. The number of hydrogen-bond acceptors (Lipinski definition) is 6. The van der Waals surface area contributed by atoms with Gasteiger partial charge in [0.05, 0.1) is 4.92 Å². The standard InChI is InChI=1S/C13H13N5O3/c1-2-8-3-4-10(9(7-8)18(19)20)21-13-11(12(14)15)16-5-6-17-13/h3-7H,2H2,1H3,(H3,14,15). The molecule has 1 heterocycles. The molecule has 0 aliphatic rings. The van der Waals surface area contributed by atoms with Gasteiger partial charge in [0.15, 0.2) is 5.69 Å². The van der Waals surface area contributed by atoms with Crippen molar-refractivity contribution in [1.82, 2.24) is 9.97 Å². The van der Waals surface area contributed by atoms with Gasteiger partial charge in [-0.05, 0) is 18.1 Å². The average molecular weight is 287 g/mol. The van der Waals surface area contributed by atoms with Gasteiger partial charge in [-0.3, -0.25) is 15.5 Å². The summed E-state index contributed by atoms with van der Waals surface area (Å²) in [4.78, 5) is 18.4. The van der Waals surface area contributed by atoms with E-state index in [0.717, 1.165) is 5.56 Å². The van der Waals surface area contributed by atoms with Crippen LogP contribution >= 0.6 is 0 Å². The van der Waals surface area contributed by atoms with E-state index in [9.17, 15) is 10.1 Å². The van der Waals surface area contributed by atoms with Gasteiger partial charge in [-0.2, -0.15) is 0 Å². The second-order valence-corrected chi connectivity index (χ2v) is 4.14. The van der Waals surface area contributed by atoms with Crippen molar-refractivity contribution in [3.63, 3.8) is 0 Å². The minimum atomic E-state index is -0.529. The molecule has 1 aromatic heterocycles. The Morgan fingerprint density at radius 3 is 2.76 bits per heavy atom. The van der Waals surface area contributed by atoms with Crippen molar-refractivity contribution in [1.29, 1.82) is 5.41 Å². The molecule has 0 fully saturated rings. The third kappa shape index (κ3) is 3.11. The monoisotopic (exact) mass is 287 g/mol. The van der Waals surface area contributed by atoms with E-state index in [1.54, 1.807) is 6.07 Å². The molecule has 0 amide bonds. The van der Waals surface area contributed by atoms with Crippen LogP contribution in [0.3, 0.4) is 0 Å². The van der Waals surface area contributed by atoms with Gasteiger partial charge in [0.1, 0.15) is 5.84 Å². The molecule has 108 valence electrons. The molecule has 21 heavy (non-hydrogen) atoms. The first kappa shape index (κ1) is 14.4. The van der Waals surface area contributed by atoms with E-state index < -0.39 is 4.92 Å². The van der Waals surface area contributed by atoms with E-state index in [2.05, 4.69) is 9.97 Å². The van der Waals surface area contributed by atoms with Gasteiger partial charge in [0.25, 0.3) is 0 Å². The first-order valence-corrected chi connectivity index (χ1v) is 6.13. The van der Waals surface area contributed by atoms with Gasteiger partial charge in [-0.1, -0.05) is 13.0 Å². The molecule has 8 heteroatoms. The summed E-state index contributed by atoms with van der Waals surface area (Å²) in [5, 5.41) is 18.5. The summed E-state index contributed by atoms with van der Waals surface area (Å²) in [7, 11) is 0. The van der Waals surface area contributed by atoms with E-state index in [1.165, 1.54) is 24.5 Å². The molecule has 0 radical (unpaired) electrons. The fraction of sp³-hybridized carbons (Fsp3) is 0.154. The van der Waals surface area contributed by atoms with Crippen LogP contribution in [0.5, 0.6) is 11.6 Å². The summed E-state index contributed by atoms with van der Waals surface area (Å²) in [6.45, 7) is 1.90. The van der Waals surface area contributed by atoms with Crippen molar-refractivity contribution in [2.45, 2.75) is 13.3 Å². The number of benzene rings is 1. The number of nitro groups is 1. The van der Waals surface area contributed by atoms with Crippen LogP contribution in [0.4, 0.5) is 5.69 Å². The topological polar surface area (TPSA) is 128 Å². The fourth-order valence-electron chi connectivity index (χ4n) is 1.70. The molecule has 0 spiro atoms. The molecule has 8 nitrogen and oxygen atoms in total. The number of amidine groups is 1. The van der Waals surface area contributed by atoms with E-state index in [1.807, 2.05) is 6.92 Å². The molecule has 0 aliphatic heterocycles. The normalized spacial score (nSPS) is 10.1. The Morgan fingerprint density at radius 2 is 2.14 bits per heavy atom. The molecule has 0 unspecified atom stereocenters. The number of rotatable bonds is 5. The lowest BCUT2D eigenvalue weighted by molar-refractivity contribution is -0.385.